The summed E-state index contributed by atoms with van der Waals surface area (Å²) in [6.45, 7) is 3.71. The van der Waals surface area contributed by atoms with Crippen molar-refractivity contribution in [2.45, 2.75) is 25.2 Å². The molecule has 1 aromatic heterocycles. The van der Waals surface area contributed by atoms with Crippen LogP contribution in [-0.4, -0.2) is 13.4 Å². The van der Waals surface area contributed by atoms with Gasteiger partial charge in [0.25, 0.3) is 10.0 Å². The number of nitrogens with one attached hydrogen (secondary N) is 1. The van der Waals surface area contributed by atoms with Crippen molar-refractivity contribution >= 4 is 33.0 Å². The average Bonchev–Trinajstić information content (AvgIpc) is 2.43. The number of benzene rings is 1. The minimum absolute atomic E-state index is 0.0940. The van der Waals surface area contributed by atoms with Gasteiger partial charge in [-0.2, -0.15) is 0 Å². The van der Waals surface area contributed by atoms with Gasteiger partial charge < -0.3 is 5.73 Å². The summed E-state index contributed by atoms with van der Waals surface area (Å²) in [5, 5.41) is 0.108. The van der Waals surface area contributed by atoms with Gasteiger partial charge in [0, 0.05) is 11.9 Å². The van der Waals surface area contributed by atoms with Crippen LogP contribution in [0.1, 0.15) is 18.1 Å². The van der Waals surface area contributed by atoms with Crippen LogP contribution in [0.3, 0.4) is 0 Å². The maximum Gasteiger partial charge on any atom is 0.262 e. The van der Waals surface area contributed by atoms with Gasteiger partial charge in [-0.1, -0.05) is 24.6 Å². The van der Waals surface area contributed by atoms with Crippen LogP contribution in [0.15, 0.2) is 35.4 Å². The minimum Gasteiger partial charge on any atom is -0.398 e. The van der Waals surface area contributed by atoms with Crippen molar-refractivity contribution in [3.8, 4) is 0 Å². The molecule has 0 radical (unpaired) electrons. The molecule has 2 rings (SSSR count). The number of pyridine rings is 1. The fourth-order valence-corrected chi connectivity index (χ4v) is 3.39. The fourth-order valence-electron chi connectivity index (χ4n) is 1.90. The molecule has 7 heteroatoms. The number of nitrogens with zero attached hydrogens (tertiary/aromatic N) is 1. The van der Waals surface area contributed by atoms with E-state index in [0.717, 1.165) is 12.0 Å². The molecule has 0 aliphatic rings. The maximum atomic E-state index is 12.4. The van der Waals surface area contributed by atoms with Crippen molar-refractivity contribution in [2.24, 2.45) is 0 Å². The van der Waals surface area contributed by atoms with Crippen LogP contribution >= 0.6 is 11.6 Å². The van der Waals surface area contributed by atoms with Crippen LogP contribution in [0.25, 0.3) is 0 Å². The molecule has 0 aliphatic carbocycles. The van der Waals surface area contributed by atoms with E-state index in [1.807, 2.05) is 6.92 Å². The molecule has 0 saturated carbocycles. The summed E-state index contributed by atoms with van der Waals surface area (Å²) >= 11 is 5.94. The van der Waals surface area contributed by atoms with Gasteiger partial charge in [0.05, 0.1) is 10.6 Å². The number of rotatable bonds is 4. The minimum atomic E-state index is -3.76. The Hall–Kier alpha value is -1.79. The molecule has 0 fully saturated rings. The van der Waals surface area contributed by atoms with Gasteiger partial charge in [-0.05, 0) is 42.7 Å². The highest BCUT2D eigenvalue weighted by Gasteiger charge is 2.18. The SMILES string of the molecule is CCc1ccc(S(=O)(=O)Nc2c(C)ccnc2Cl)cc1N. The lowest BCUT2D eigenvalue weighted by Gasteiger charge is -2.12. The van der Waals surface area contributed by atoms with Gasteiger partial charge >= 0.3 is 0 Å². The second-order valence-corrected chi connectivity index (χ2v) is 6.65. The van der Waals surface area contributed by atoms with Crippen LogP contribution < -0.4 is 10.5 Å². The number of nitrogens with two attached hydrogens (primary N) is 1. The molecule has 5 nitrogen and oxygen atoms in total. The molecule has 0 spiro atoms. The van der Waals surface area contributed by atoms with Gasteiger partial charge in [0.2, 0.25) is 0 Å². The highest BCUT2D eigenvalue weighted by atomic mass is 35.5. The molecule has 0 aliphatic heterocycles. The van der Waals surface area contributed by atoms with Gasteiger partial charge in [-0.25, -0.2) is 13.4 Å². The third kappa shape index (κ3) is 3.28. The molecule has 0 bridgehead atoms. The summed E-state index contributed by atoms with van der Waals surface area (Å²) in [5.41, 5.74) is 8.18. The lowest BCUT2D eigenvalue weighted by Crippen LogP contribution is -2.15. The van der Waals surface area contributed by atoms with E-state index in [4.69, 9.17) is 17.3 Å². The molecule has 0 amide bonds. The van der Waals surface area contributed by atoms with Gasteiger partial charge in [-0.3, -0.25) is 4.72 Å². The Bertz CT molecular complexity index is 756. The molecule has 0 saturated heterocycles. The van der Waals surface area contributed by atoms with Crippen molar-refractivity contribution < 1.29 is 8.42 Å². The Labute approximate surface area is 129 Å². The quantitative estimate of drug-likeness (QED) is 0.668. The number of hydrogen-bond donors (Lipinski definition) is 2. The van der Waals surface area contributed by atoms with E-state index in [2.05, 4.69) is 9.71 Å². The Balaban J connectivity index is 2.41. The zero-order chi connectivity index (χ0) is 15.6. The molecular formula is C14H16ClN3O2S. The topological polar surface area (TPSA) is 85.1 Å². The molecule has 1 heterocycles. The van der Waals surface area contributed by atoms with E-state index in [1.54, 1.807) is 19.1 Å². The van der Waals surface area contributed by atoms with Crippen LogP contribution in [0.2, 0.25) is 5.15 Å². The van der Waals surface area contributed by atoms with Crippen LogP contribution in [-0.2, 0) is 16.4 Å². The van der Waals surface area contributed by atoms with Crippen LogP contribution in [0.5, 0.6) is 0 Å². The number of aromatic nitrogens is 1. The summed E-state index contributed by atoms with van der Waals surface area (Å²) in [6.07, 6.45) is 2.26. The second kappa shape index (κ2) is 5.91. The predicted octanol–water partition coefficient (Wildman–Crippen LogP) is 2.99. The summed E-state index contributed by atoms with van der Waals surface area (Å²) in [4.78, 5) is 3.97. The molecule has 2 aromatic rings. The number of hydrogen-bond acceptors (Lipinski definition) is 4. The molecule has 0 atom stereocenters. The van der Waals surface area contributed by atoms with Gasteiger partial charge in [0.15, 0.2) is 5.15 Å². The Morgan fingerprint density at radius 3 is 2.62 bits per heavy atom. The highest BCUT2D eigenvalue weighted by molar-refractivity contribution is 7.92. The number of halogens is 1. The van der Waals surface area contributed by atoms with E-state index in [9.17, 15) is 8.42 Å². The van der Waals surface area contributed by atoms with Crippen molar-refractivity contribution in [3.05, 3.63) is 46.7 Å². The zero-order valence-corrected chi connectivity index (χ0v) is 13.3. The lowest BCUT2D eigenvalue weighted by atomic mass is 10.1. The largest absolute Gasteiger partial charge is 0.398 e. The van der Waals surface area contributed by atoms with Gasteiger partial charge in [-0.15, -0.1) is 0 Å². The van der Waals surface area contributed by atoms with Crippen molar-refractivity contribution in [3.63, 3.8) is 0 Å². The average molecular weight is 326 g/mol. The monoisotopic (exact) mass is 325 g/mol. The Morgan fingerprint density at radius 1 is 1.33 bits per heavy atom. The normalized spacial score (nSPS) is 11.4. The van der Waals surface area contributed by atoms with Gasteiger partial charge in [0.1, 0.15) is 0 Å². The molecule has 1 aromatic carbocycles. The van der Waals surface area contributed by atoms with Crippen molar-refractivity contribution in [1.82, 2.24) is 4.98 Å². The molecule has 21 heavy (non-hydrogen) atoms. The summed E-state index contributed by atoms with van der Waals surface area (Å²) in [7, 11) is -3.76. The van der Waals surface area contributed by atoms with E-state index in [-0.39, 0.29) is 15.7 Å². The first-order valence-electron chi connectivity index (χ1n) is 6.37. The number of anilines is 2. The third-order valence-corrected chi connectivity index (χ3v) is 4.79. The van der Waals surface area contributed by atoms with Crippen LogP contribution in [0.4, 0.5) is 11.4 Å². The number of sulfonamides is 1. The Kier molecular flexibility index (Phi) is 4.39. The number of aryl methyl sites for hydroxylation is 2. The van der Waals surface area contributed by atoms with Crippen LogP contribution in [0, 0.1) is 6.92 Å². The third-order valence-electron chi connectivity index (χ3n) is 3.16. The first-order valence-corrected chi connectivity index (χ1v) is 8.23. The predicted molar refractivity (Wildman–Crippen MR) is 85.0 cm³/mol. The fraction of sp³-hybridized carbons (Fsp3) is 0.214. The van der Waals surface area contributed by atoms with Crippen molar-refractivity contribution in [1.29, 1.82) is 0 Å². The van der Waals surface area contributed by atoms with E-state index in [0.29, 0.717) is 11.3 Å². The molecule has 112 valence electrons. The first-order chi connectivity index (χ1) is 9.85. The molecule has 0 unspecified atom stereocenters. The van der Waals surface area contributed by atoms with E-state index in [1.165, 1.54) is 18.3 Å². The summed E-state index contributed by atoms with van der Waals surface area (Å²) < 4.78 is 27.3. The lowest BCUT2D eigenvalue weighted by molar-refractivity contribution is 0.601. The van der Waals surface area contributed by atoms with Crippen molar-refractivity contribution in [2.75, 3.05) is 10.5 Å². The molecular weight excluding hydrogens is 310 g/mol. The number of nitrogen functional groups attached to an aromatic ring is 1. The highest BCUT2D eigenvalue weighted by Crippen LogP contribution is 2.27. The second-order valence-electron chi connectivity index (χ2n) is 4.61. The maximum absolute atomic E-state index is 12.4. The van der Waals surface area contributed by atoms with E-state index < -0.39 is 10.0 Å². The first kappa shape index (κ1) is 15.6. The Morgan fingerprint density at radius 2 is 2.05 bits per heavy atom. The smallest absolute Gasteiger partial charge is 0.262 e. The molecule has 3 N–H and O–H groups in total. The summed E-state index contributed by atoms with van der Waals surface area (Å²) in [5.74, 6) is 0. The standard InChI is InChI=1S/C14H16ClN3O2S/c1-3-10-4-5-11(8-12(10)16)21(19,20)18-13-9(2)6-7-17-14(13)15/h4-8,18H,3,16H2,1-2H3. The zero-order valence-electron chi connectivity index (χ0n) is 11.7. The summed E-state index contributed by atoms with van der Waals surface area (Å²) in [6, 6.07) is 6.36. The van der Waals surface area contributed by atoms with E-state index >= 15 is 0 Å².